The zero-order valence-electron chi connectivity index (χ0n) is 14.9. The van der Waals surface area contributed by atoms with E-state index in [0.29, 0.717) is 6.54 Å². The van der Waals surface area contributed by atoms with E-state index in [9.17, 15) is 9.59 Å². The molecule has 0 aliphatic carbocycles. The fourth-order valence-electron chi connectivity index (χ4n) is 2.56. The first kappa shape index (κ1) is 21.0. The second-order valence-corrected chi connectivity index (χ2v) is 6.40. The highest BCUT2D eigenvalue weighted by Crippen LogP contribution is 2.21. The predicted molar refractivity (Wildman–Crippen MR) is 103 cm³/mol. The van der Waals surface area contributed by atoms with Crippen molar-refractivity contribution < 1.29 is 9.59 Å². The number of aryl methyl sites for hydroxylation is 1. The molecule has 0 spiro atoms. The molecule has 0 unspecified atom stereocenters. The molecule has 0 radical (unpaired) electrons. The SMILES string of the molecule is Cc1cccc2c(CCNC(=O)CNC(=O)[C@@H](N)C(C)C)c[nH]c12.Cl. The van der Waals surface area contributed by atoms with Crippen LogP contribution in [0.15, 0.2) is 24.4 Å². The monoisotopic (exact) mass is 366 g/mol. The number of aromatic nitrogens is 1. The molecule has 25 heavy (non-hydrogen) atoms. The molecule has 1 atom stereocenters. The molecule has 0 bridgehead atoms. The number of carbonyl (C=O) groups is 2. The molecule has 0 aliphatic rings. The van der Waals surface area contributed by atoms with Gasteiger partial charge in [0, 0.05) is 23.6 Å². The summed E-state index contributed by atoms with van der Waals surface area (Å²) in [5.74, 6) is -0.471. The fraction of sp³-hybridized carbons (Fsp3) is 0.444. The Kier molecular flexibility index (Phi) is 7.93. The van der Waals surface area contributed by atoms with E-state index < -0.39 is 6.04 Å². The maximum atomic E-state index is 11.8. The average molecular weight is 367 g/mol. The molecule has 0 fully saturated rings. The molecule has 0 aliphatic heterocycles. The number of hydrogen-bond donors (Lipinski definition) is 4. The topological polar surface area (TPSA) is 100 Å². The Hall–Kier alpha value is -2.05. The first-order valence-corrected chi connectivity index (χ1v) is 8.25. The molecule has 5 N–H and O–H groups in total. The van der Waals surface area contributed by atoms with Gasteiger partial charge in [-0.2, -0.15) is 0 Å². The maximum absolute atomic E-state index is 11.8. The van der Waals surface area contributed by atoms with Crippen molar-refractivity contribution in [1.82, 2.24) is 15.6 Å². The Bertz CT molecular complexity index is 727. The van der Waals surface area contributed by atoms with Crippen LogP contribution in [0.5, 0.6) is 0 Å². The third-order valence-electron chi connectivity index (χ3n) is 4.17. The maximum Gasteiger partial charge on any atom is 0.239 e. The van der Waals surface area contributed by atoms with E-state index in [1.165, 1.54) is 16.5 Å². The number of H-pyrrole nitrogens is 1. The number of hydrogen-bond acceptors (Lipinski definition) is 3. The van der Waals surface area contributed by atoms with Gasteiger partial charge in [0.2, 0.25) is 11.8 Å². The highest BCUT2D eigenvalue weighted by molar-refractivity contribution is 5.88. The molecular weight excluding hydrogens is 340 g/mol. The molecule has 0 saturated carbocycles. The number of fused-ring (bicyclic) bond motifs is 1. The minimum atomic E-state index is -0.590. The molecule has 2 aromatic rings. The second kappa shape index (κ2) is 9.44. The van der Waals surface area contributed by atoms with E-state index >= 15 is 0 Å². The first-order valence-electron chi connectivity index (χ1n) is 8.25. The lowest BCUT2D eigenvalue weighted by Gasteiger charge is -2.15. The standard InChI is InChI=1S/C18H26N4O2.ClH/c1-11(2)16(19)18(24)22-10-15(23)20-8-7-13-9-21-17-12(3)5-4-6-14(13)17;/h4-6,9,11,16,21H,7-8,10,19H2,1-3H3,(H,20,23)(H,22,24);1H/t16-;/m0./s1. The van der Waals surface area contributed by atoms with E-state index in [1.807, 2.05) is 26.1 Å². The van der Waals surface area contributed by atoms with Crippen LogP contribution in [-0.4, -0.2) is 35.9 Å². The number of carbonyl (C=O) groups excluding carboxylic acids is 2. The van der Waals surface area contributed by atoms with Gasteiger partial charge in [0.1, 0.15) is 0 Å². The van der Waals surface area contributed by atoms with Crippen LogP contribution in [0, 0.1) is 12.8 Å². The van der Waals surface area contributed by atoms with Crippen molar-refractivity contribution in [2.75, 3.05) is 13.1 Å². The molecule has 0 saturated heterocycles. The highest BCUT2D eigenvalue weighted by Gasteiger charge is 2.17. The Morgan fingerprint density at radius 3 is 2.64 bits per heavy atom. The van der Waals surface area contributed by atoms with Gasteiger partial charge in [-0.15, -0.1) is 12.4 Å². The molecule has 1 aromatic carbocycles. The van der Waals surface area contributed by atoms with Gasteiger partial charge >= 0.3 is 0 Å². The third kappa shape index (κ3) is 5.47. The summed E-state index contributed by atoms with van der Waals surface area (Å²) in [5, 5.41) is 6.56. The van der Waals surface area contributed by atoms with Crippen LogP contribution in [-0.2, 0) is 16.0 Å². The Balaban J connectivity index is 0.00000312. The van der Waals surface area contributed by atoms with Gasteiger partial charge in [-0.3, -0.25) is 9.59 Å². The molecule has 2 amide bonds. The van der Waals surface area contributed by atoms with Crippen LogP contribution < -0.4 is 16.4 Å². The summed E-state index contributed by atoms with van der Waals surface area (Å²) >= 11 is 0. The van der Waals surface area contributed by atoms with Gasteiger partial charge in [-0.25, -0.2) is 0 Å². The zero-order valence-corrected chi connectivity index (χ0v) is 15.7. The van der Waals surface area contributed by atoms with Gasteiger partial charge in [0.05, 0.1) is 12.6 Å². The number of aromatic amines is 1. The third-order valence-corrected chi connectivity index (χ3v) is 4.17. The summed E-state index contributed by atoms with van der Waals surface area (Å²) in [6.45, 7) is 6.27. The number of para-hydroxylation sites is 1. The smallest absolute Gasteiger partial charge is 0.239 e. The largest absolute Gasteiger partial charge is 0.361 e. The summed E-state index contributed by atoms with van der Waals surface area (Å²) in [5.41, 5.74) is 9.23. The fourth-order valence-corrected chi connectivity index (χ4v) is 2.56. The lowest BCUT2D eigenvalue weighted by Crippen LogP contribution is -2.47. The van der Waals surface area contributed by atoms with Crippen molar-refractivity contribution in [3.63, 3.8) is 0 Å². The summed E-state index contributed by atoms with van der Waals surface area (Å²) in [7, 11) is 0. The van der Waals surface area contributed by atoms with Crippen LogP contribution >= 0.6 is 12.4 Å². The summed E-state index contributed by atoms with van der Waals surface area (Å²) in [6.07, 6.45) is 2.71. The Morgan fingerprint density at radius 2 is 1.96 bits per heavy atom. The molecule has 1 aromatic heterocycles. The second-order valence-electron chi connectivity index (χ2n) is 6.40. The normalized spacial score (nSPS) is 11.9. The average Bonchev–Trinajstić information content (AvgIpc) is 2.96. The van der Waals surface area contributed by atoms with Crippen LogP contribution in [0.1, 0.15) is 25.0 Å². The minimum Gasteiger partial charge on any atom is -0.361 e. The van der Waals surface area contributed by atoms with Crippen molar-refractivity contribution in [2.24, 2.45) is 11.7 Å². The number of nitrogens with two attached hydrogens (primary N) is 1. The molecule has 7 heteroatoms. The number of halogens is 1. The van der Waals surface area contributed by atoms with Crippen LogP contribution in [0.4, 0.5) is 0 Å². The van der Waals surface area contributed by atoms with Gasteiger partial charge in [-0.05, 0) is 30.4 Å². The van der Waals surface area contributed by atoms with E-state index in [2.05, 4.69) is 34.7 Å². The van der Waals surface area contributed by atoms with Gasteiger partial charge in [0.25, 0.3) is 0 Å². The number of benzene rings is 1. The number of rotatable bonds is 7. The predicted octanol–water partition coefficient (Wildman–Crippen LogP) is 1.66. The molecule has 6 nitrogen and oxygen atoms in total. The van der Waals surface area contributed by atoms with Crippen molar-refractivity contribution in [3.8, 4) is 0 Å². The van der Waals surface area contributed by atoms with Crippen molar-refractivity contribution in [3.05, 3.63) is 35.5 Å². The molecule has 1 heterocycles. The van der Waals surface area contributed by atoms with E-state index in [-0.39, 0.29) is 36.7 Å². The summed E-state index contributed by atoms with van der Waals surface area (Å²) in [6, 6.07) is 5.58. The lowest BCUT2D eigenvalue weighted by atomic mass is 10.1. The molecule has 138 valence electrons. The first-order chi connectivity index (χ1) is 11.4. The zero-order chi connectivity index (χ0) is 17.7. The highest BCUT2D eigenvalue weighted by atomic mass is 35.5. The van der Waals surface area contributed by atoms with E-state index in [4.69, 9.17) is 5.73 Å². The van der Waals surface area contributed by atoms with Crippen LogP contribution in [0.3, 0.4) is 0 Å². The van der Waals surface area contributed by atoms with Gasteiger partial charge in [0.15, 0.2) is 0 Å². The number of nitrogens with one attached hydrogen (secondary N) is 3. The van der Waals surface area contributed by atoms with Crippen molar-refractivity contribution >= 4 is 35.1 Å². The van der Waals surface area contributed by atoms with Crippen LogP contribution in [0.2, 0.25) is 0 Å². The Labute approximate surface area is 154 Å². The minimum absolute atomic E-state index is 0. The molecular formula is C18H27ClN4O2. The van der Waals surface area contributed by atoms with E-state index in [1.54, 1.807) is 0 Å². The van der Waals surface area contributed by atoms with Crippen molar-refractivity contribution in [2.45, 2.75) is 33.2 Å². The summed E-state index contributed by atoms with van der Waals surface area (Å²) in [4.78, 5) is 26.8. The van der Waals surface area contributed by atoms with Gasteiger partial charge in [-0.1, -0.05) is 32.0 Å². The van der Waals surface area contributed by atoms with E-state index in [0.717, 1.165) is 11.9 Å². The Morgan fingerprint density at radius 1 is 1.24 bits per heavy atom. The molecule has 2 rings (SSSR count). The quantitative estimate of drug-likeness (QED) is 0.599. The van der Waals surface area contributed by atoms with Gasteiger partial charge < -0.3 is 21.4 Å². The summed E-state index contributed by atoms with van der Waals surface area (Å²) < 4.78 is 0. The van der Waals surface area contributed by atoms with Crippen LogP contribution in [0.25, 0.3) is 10.9 Å². The lowest BCUT2D eigenvalue weighted by molar-refractivity contribution is -0.127. The number of amides is 2. The van der Waals surface area contributed by atoms with Crippen molar-refractivity contribution in [1.29, 1.82) is 0 Å².